The SMILES string of the molecule is Cc1cc(C)c(C(=O)N2CCCCC2CCO)c(=O)[nH]1. The van der Waals surface area contributed by atoms with Crippen molar-refractivity contribution in [2.24, 2.45) is 0 Å². The molecule has 1 aromatic heterocycles. The number of pyridine rings is 1. The van der Waals surface area contributed by atoms with E-state index in [2.05, 4.69) is 4.98 Å². The fourth-order valence-corrected chi connectivity index (χ4v) is 2.98. The third kappa shape index (κ3) is 2.93. The Morgan fingerprint density at radius 3 is 2.85 bits per heavy atom. The largest absolute Gasteiger partial charge is 0.396 e. The molecule has 2 rings (SSSR count). The maximum atomic E-state index is 12.7. The summed E-state index contributed by atoms with van der Waals surface area (Å²) in [5, 5.41) is 9.13. The van der Waals surface area contributed by atoms with Gasteiger partial charge in [-0.3, -0.25) is 9.59 Å². The zero-order valence-electron chi connectivity index (χ0n) is 12.1. The number of H-pyrrole nitrogens is 1. The zero-order chi connectivity index (χ0) is 14.7. The van der Waals surface area contributed by atoms with Gasteiger partial charge in [-0.15, -0.1) is 0 Å². The number of aliphatic hydroxyl groups is 1. The van der Waals surface area contributed by atoms with Gasteiger partial charge in [0.1, 0.15) is 5.56 Å². The van der Waals surface area contributed by atoms with Crippen LogP contribution >= 0.6 is 0 Å². The molecule has 1 fully saturated rings. The summed E-state index contributed by atoms with van der Waals surface area (Å²) in [6.45, 7) is 4.33. The van der Waals surface area contributed by atoms with Gasteiger partial charge in [0.2, 0.25) is 0 Å². The molecule has 5 heteroatoms. The fraction of sp³-hybridized carbons (Fsp3) is 0.600. The van der Waals surface area contributed by atoms with Crippen LogP contribution in [0.3, 0.4) is 0 Å². The highest BCUT2D eigenvalue weighted by Gasteiger charge is 2.29. The number of aromatic amines is 1. The molecule has 0 radical (unpaired) electrons. The number of likely N-dealkylation sites (tertiary alicyclic amines) is 1. The topological polar surface area (TPSA) is 73.4 Å². The van der Waals surface area contributed by atoms with Crippen molar-refractivity contribution in [1.82, 2.24) is 9.88 Å². The van der Waals surface area contributed by atoms with Gasteiger partial charge in [-0.25, -0.2) is 0 Å². The van der Waals surface area contributed by atoms with Crippen LogP contribution in [0.4, 0.5) is 0 Å². The van der Waals surface area contributed by atoms with Crippen molar-refractivity contribution >= 4 is 5.91 Å². The molecule has 0 bridgehead atoms. The van der Waals surface area contributed by atoms with Gasteiger partial charge in [-0.05, 0) is 51.2 Å². The van der Waals surface area contributed by atoms with Gasteiger partial charge in [0, 0.05) is 24.9 Å². The van der Waals surface area contributed by atoms with E-state index in [1.807, 2.05) is 6.07 Å². The summed E-state index contributed by atoms with van der Waals surface area (Å²) in [4.78, 5) is 29.2. The number of rotatable bonds is 3. The number of hydrogen-bond acceptors (Lipinski definition) is 3. The Morgan fingerprint density at radius 2 is 2.20 bits per heavy atom. The lowest BCUT2D eigenvalue weighted by atomic mass is 9.98. The van der Waals surface area contributed by atoms with E-state index in [-0.39, 0.29) is 29.7 Å². The van der Waals surface area contributed by atoms with Gasteiger partial charge in [0.05, 0.1) is 0 Å². The van der Waals surface area contributed by atoms with Gasteiger partial charge in [0.25, 0.3) is 11.5 Å². The highest BCUT2D eigenvalue weighted by Crippen LogP contribution is 2.21. The number of aromatic nitrogens is 1. The number of aliphatic hydroxyl groups excluding tert-OH is 1. The molecule has 2 N–H and O–H groups in total. The first-order chi connectivity index (χ1) is 9.54. The van der Waals surface area contributed by atoms with E-state index in [1.54, 1.807) is 18.7 Å². The van der Waals surface area contributed by atoms with Crippen LogP contribution < -0.4 is 5.56 Å². The van der Waals surface area contributed by atoms with Gasteiger partial charge in [-0.1, -0.05) is 0 Å². The maximum Gasteiger partial charge on any atom is 0.261 e. The summed E-state index contributed by atoms with van der Waals surface area (Å²) in [6, 6.07) is 1.86. The number of carbonyl (C=O) groups is 1. The molecule has 1 unspecified atom stereocenters. The van der Waals surface area contributed by atoms with Crippen LogP contribution in [0.25, 0.3) is 0 Å². The number of nitrogens with one attached hydrogen (secondary N) is 1. The monoisotopic (exact) mass is 278 g/mol. The quantitative estimate of drug-likeness (QED) is 0.877. The molecule has 20 heavy (non-hydrogen) atoms. The lowest BCUT2D eigenvalue weighted by Crippen LogP contribution is -2.46. The summed E-state index contributed by atoms with van der Waals surface area (Å²) in [5.41, 5.74) is 1.39. The van der Waals surface area contributed by atoms with Gasteiger partial charge in [-0.2, -0.15) is 0 Å². The summed E-state index contributed by atoms with van der Waals surface area (Å²) >= 11 is 0. The second-order valence-electron chi connectivity index (χ2n) is 5.50. The van der Waals surface area contributed by atoms with Crippen LogP contribution in [0.1, 0.15) is 47.3 Å². The normalized spacial score (nSPS) is 19.1. The van der Waals surface area contributed by atoms with Gasteiger partial charge < -0.3 is 15.0 Å². The molecule has 1 amide bonds. The predicted molar refractivity (Wildman–Crippen MR) is 76.9 cm³/mol. The van der Waals surface area contributed by atoms with Crippen molar-refractivity contribution in [3.63, 3.8) is 0 Å². The van der Waals surface area contributed by atoms with Crippen molar-refractivity contribution in [3.8, 4) is 0 Å². The smallest absolute Gasteiger partial charge is 0.261 e. The Labute approximate surface area is 118 Å². The average molecular weight is 278 g/mol. The number of aryl methyl sites for hydroxylation is 2. The number of nitrogens with zero attached hydrogens (tertiary/aromatic N) is 1. The number of carbonyl (C=O) groups excluding carboxylic acids is 1. The molecule has 0 aromatic carbocycles. The summed E-state index contributed by atoms with van der Waals surface area (Å²) in [7, 11) is 0. The van der Waals surface area contributed by atoms with Crippen LogP contribution in [-0.2, 0) is 0 Å². The fourth-order valence-electron chi connectivity index (χ4n) is 2.98. The van der Waals surface area contributed by atoms with E-state index in [0.717, 1.165) is 25.0 Å². The minimum absolute atomic E-state index is 0.0429. The van der Waals surface area contributed by atoms with Crippen LogP contribution in [0.2, 0.25) is 0 Å². The Morgan fingerprint density at radius 1 is 1.45 bits per heavy atom. The van der Waals surface area contributed by atoms with E-state index in [1.165, 1.54) is 0 Å². The second-order valence-corrected chi connectivity index (χ2v) is 5.50. The Balaban J connectivity index is 2.32. The maximum absolute atomic E-state index is 12.7. The first-order valence-electron chi connectivity index (χ1n) is 7.17. The summed E-state index contributed by atoms with van der Waals surface area (Å²) in [6.07, 6.45) is 3.50. The highest BCUT2D eigenvalue weighted by molar-refractivity contribution is 5.95. The zero-order valence-corrected chi connectivity index (χ0v) is 12.1. The third-order valence-electron chi connectivity index (χ3n) is 3.93. The van der Waals surface area contributed by atoms with Crippen LogP contribution in [0, 0.1) is 13.8 Å². The molecule has 0 spiro atoms. The molecule has 110 valence electrons. The predicted octanol–water partition coefficient (Wildman–Crippen LogP) is 1.37. The molecule has 0 saturated carbocycles. The molecule has 2 heterocycles. The first kappa shape index (κ1) is 14.8. The number of piperidine rings is 1. The summed E-state index contributed by atoms with van der Waals surface area (Å²) in [5.74, 6) is -0.207. The summed E-state index contributed by atoms with van der Waals surface area (Å²) < 4.78 is 0. The highest BCUT2D eigenvalue weighted by atomic mass is 16.3. The Hall–Kier alpha value is -1.62. The van der Waals surface area contributed by atoms with Crippen LogP contribution in [0.15, 0.2) is 10.9 Å². The van der Waals surface area contributed by atoms with Crippen molar-refractivity contribution < 1.29 is 9.90 Å². The molecule has 5 nitrogen and oxygen atoms in total. The average Bonchev–Trinajstić information content (AvgIpc) is 2.38. The third-order valence-corrected chi connectivity index (χ3v) is 3.93. The number of amides is 1. The van der Waals surface area contributed by atoms with E-state index >= 15 is 0 Å². The first-order valence-corrected chi connectivity index (χ1v) is 7.17. The molecule has 1 saturated heterocycles. The lowest BCUT2D eigenvalue weighted by Gasteiger charge is -2.35. The van der Waals surface area contributed by atoms with E-state index in [4.69, 9.17) is 5.11 Å². The minimum Gasteiger partial charge on any atom is -0.396 e. The Kier molecular flexibility index (Phi) is 4.60. The van der Waals surface area contributed by atoms with Gasteiger partial charge in [0.15, 0.2) is 0 Å². The molecule has 0 aliphatic carbocycles. The van der Waals surface area contributed by atoms with Gasteiger partial charge >= 0.3 is 0 Å². The molecule has 1 atom stereocenters. The van der Waals surface area contributed by atoms with E-state index in [9.17, 15) is 9.59 Å². The van der Waals surface area contributed by atoms with Crippen molar-refractivity contribution in [2.75, 3.05) is 13.2 Å². The number of hydrogen-bond donors (Lipinski definition) is 2. The molecule has 1 aliphatic rings. The van der Waals surface area contributed by atoms with E-state index < -0.39 is 0 Å². The van der Waals surface area contributed by atoms with Crippen molar-refractivity contribution in [2.45, 2.75) is 45.6 Å². The van der Waals surface area contributed by atoms with Crippen LogP contribution in [0.5, 0.6) is 0 Å². The van der Waals surface area contributed by atoms with Crippen molar-refractivity contribution in [1.29, 1.82) is 0 Å². The van der Waals surface area contributed by atoms with Crippen molar-refractivity contribution in [3.05, 3.63) is 33.2 Å². The molecule has 1 aromatic rings. The molecule has 1 aliphatic heterocycles. The molecular weight excluding hydrogens is 256 g/mol. The minimum atomic E-state index is -0.319. The Bertz CT molecular complexity index is 549. The standard InChI is InChI=1S/C15H22N2O3/c1-10-9-11(2)16-14(19)13(10)15(20)17-7-4-3-5-12(17)6-8-18/h9,12,18H,3-8H2,1-2H3,(H,16,19). The van der Waals surface area contributed by atoms with Crippen LogP contribution in [-0.4, -0.2) is 40.1 Å². The van der Waals surface area contributed by atoms with E-state index in [0.29, 0.717) is 18.5 Å². The molecular formula is C15H22N2O3. The second kappa shape index (κ2) is 6.22. The lowest BCUT2D eigenvalue weighted by molar-refractivity contribution is 0.0572.